The van der Waals surface area contributed by atoms with E-state index in [9.17, 15) is 4.79 Å². The third kappa shape index (κ3) is 3.53. The van der Waals surface area contributed by atoms with Crippen molar-refractivity contribution in [2.75, 3.05) is 6.54 Å². The van der Waals surface area contributed by atoms with Gasteiger partial charge >= 0.3 is 0 Å². The Bertz CT molecular complexity index is 450. The normalized spacial score (nSPS) is 26.2. The quantitative estimate of drug-likeness (QED) is 0.896. The largest absolute Gasteiger partial charge is 0.352 e. The number of benzene rings is 1. The number of hydrogen-bond acceptors (Lipinski definition) is 2. The van der Waals surface area contributed by atoms with E-state index in [4.69, 9.17) is 17.3 Å². The van der Waals surface area contributed by atoms with E-state index in [2.05, 4.69) is 12.2 Å². The summed E-state index contributed by atoms with van der Waals surface area (Å²) in [4.78, 5) is 12.5. The molecule has 0 aliphatic heterocycles. The van der Waals surface area contributed by atoms with Crippen LogP contribution < -0.4 is 11.1 Å². The molecule has 4 heteroatoms. The maximum absolute atomic E-state index is 12.5. The smallest absolute Gasteiger partial charge is 0.227 e. The summed E-state index contributed by atoms with van der Waals surface area (Å²) in [5, 5.41) is 3.74. The topological polar surface area (TPSA) is 55.1 Å². The van der Waals surface area contributed by atoms with Gasteiger partial charge in [0.25, 0.3) is 0 Å². The van der Waals surface area contributed by atoms with Crippen molar-refractivity contribution in [3.8, 4) is 0 Å². The second kappa shape index (κ2) is 6.59. The number of amides is 1. The first-order valence-electron chi connectivity index (χ1n) is 7.28. The Hall–Kier alpha value is -1.06. The summed E-state index contributed by atoms with van der Waals surface area (Å²) in [6.07, 6.45) is 3.98. The van der Waals surface area contributed by atoms with Gasteiger partial charge in [-0.15, -0.1) is 0 Å². The standard InChI is InChI=1S/C16H23ClN2O/c1-12-6-8-16(11-18,9-7-12)15(20)19-10-13-2-4-14(17)5-3-13/h2-5,12H,6-11,18H2,1H3,(H,19,20). The van der Waals surface area contributed by atoms with Crippen LogP contribution in [-0.4, -0.2) is 12.5 Å². The van der Waals surface area contributed by atoms with Gasteiger partial charge in [0.1, 0.15) is 0 Å². The Morgan fingerprint density at radius 2 is 1.95 bits per heavy atom. The predicted octanol–water partition coefficient (Wildman–Crippen LogP) is 3.11. The molecule has 0 heterocycles. The van der Waals surface area contributed by atoms with Crippen LogP contribution in [0.15, 0.2) is 24.3 Å². The summed E-state index contributed by atoms with van der Waals surface area (Å²) in [6, 6.07) is 7.54. The lowest BCUT2D eigenvalue weighted by Crippen LogP contribution is -2.47. The fraction of sp³-hybridized carbons (Fsp3) is 0.562. The van der Waals surface area contributed by atoms with Crippen LogP contribution in [0.1, 0.15) is 38.2 Å². The number of carbonyl (C=O) groups excluding carboxylic acids is 1. The summed E-state index contributed by atoms with van der Waals surface area (Å²) >= 11 is 5.85. The number of nitrogens with two attached hydrogens (primary N) is 1. The molecule has 20 heavy (non-hydrogen) atoms. The van der Waals surface area contributed by atoms with E-state index in [0.717, 1.165) is 31.2 Å². The molecule has 110 valence electrons. The number of hydrogen-bond donors (Lipinski definition) is 2. The molecular weight excluding hydrogens is 272 g/mol. The summed E-state index contributed by atoms with van der Waals surface area (Å²) in [6.45, 7) is 3.21. The van der Waals surface area contributed by atoms with Gasteiger partial charge in [-0.25, -0.2) is 0 Å². The van der Waals surface area contributed by atoms with Crippen LogP contribution in [0.3, 0.4) is 0 Å². The van der Waals surface area contributed by atoms with Crippen molar-refractivity contribution in [1.82, 2.24) is 5.32 Å². The molecule has 1 aromatic rings. The van der Waals surface area contributed by atoms with Gasteiger partial charge in [0.2, 0.25) is 5.91 Å². The van der Waals surface area contributed by atoms with Crippen molar-refractivity contribution in [2.45, 2.75) is 39.2 Å². The molecule has 0 aromatic heterocycles. The third-order valence-corrected chi connectivity index (χ3v) is 4.72. The average Bonchev–Trinajstić information content (AvgIpc) is 2.47. The Morgan fingerprint density at radius 1 is 1.35 bits per heavy atom. The van der Waals surface area contributed by atoms with Crippen molar-refractivity contribution in [3.05, 3.63) is 34.9 Å². The zero-order valence-electron chi connectivity index (χ0n) is 12.0. The fourth-order valence-corrected chi connectivity index (χ4v) is 2.94. The molecule has 3 N–H and O–H groups in total. The first kappa shape index (κ1) is 15.3. The van der Waals surface area contributed by atoms with E-state index in [1.807, 2.05) is 24.3 Å². The second-order valence-electron chi connectivity index (χ2n) is 5.98. The van der Waals surface area contributed by atoms with E-state index < -0.39 is 0 Å². The summed E-state index contributed by atoms with van der Waals surface area (Å²) in [5.41, 5.74) is 6.59. The molecular formula is C16H23ClN2O. The molecule has 2 rings (SSSR count). The van der Waals surface area contributed by atoms with Gasteiger partial charge in [0, 0.05) is 18.1 Å². The summed E-state index contributed by atoms with van der Waals surface area (Å²) in [7, 11) is 0. The van der Waals surface area contributed by atoms with Gasteiger partial charge in [-0.3, -0.25) is 4.79 Å². The molecule has 0 atom stereocenters. The van der Waals surface area contributed by atoms with Crippen LogP contribution in [-0.2, 0) is 11.3 Å². The van der Waals surface area contributed by atoms with Crippen molar-refractivity contribution in [2.24, 2.45) is 17.1 Å². The number of rotatable bonds is 4. The highest BCUT2D eigenvalue weighted by molar-refractivity contribution is 6.30. The van der Waals surface area contributed by atoms with Crippen molar-refractivity contribution < 1.29 is 4.79 Å². The van der Waals surface area contributed by atoms with Gasteiger partial charge < -0.3 is 11.1 Å². The van der Waals surface area contributed by atoms with Crippen LogP contribution in [0.25, 0.3) is 0 Å². The van der Waals surface area contributed by atoms with Gasteiger partial charge in [-0.05, 0) is 49.3 Å². The Morgan fingerprint density at radius 3 is 2.50 bits per heavy atom. The van der Waals surface area contributed by atoms with E-state index in [1.54, 1.807) is 0 Å². The molecule has 0 saturated heterocycles. The average molecular weight is 295 g/mol. The van der Waals surface area contributed by atoms with Gasteiger partial charge in [-0.1, -0.05) is 30.7 Å². The Labute approximate surface area is 125 Å². The molecule has 1 aliphatic carbocycles. The lowest BCUT2D eigenvalue weighted by Gasteiger charge is -2.37. The molecule has 0 bridgehead atoms. The van der Waals surface area contributed by atoms with Crippen molar-refractivity contribution in [1.29, 1.82) is 0 Å². The fourth-order valence-electron chi connectivity index (χ4n) is 2.81. The molecule has 0 radical (unpaired) electrons. The monoisotopic (exact) mass is 294 g/mol. The molecule has 1 fully saturated rings. The first-order chi connectivity index (χ1) is 9.55. The van der Waals surface area contributed by atoms with Crippen molar-refractivity contribution in [3.63, 3.8) is 0 Å². The van der Waals surface area contributed by atoms with Crippen LogP contribution >= 0.6 is 11.6 Å². The maximum Gasteiger partial charge on any atom is 0.227 e. The highest BCUT2D eigenvalue weighted by Gasteiger charge is 2.39. The lowest BCUT2D eigenvalue weighted by molar-refractivity contribution is -0.133. The molecule has 0 spiro atoms. The number of nitrogens with one attached hydrogen (secondary N) is 1. The van der Waals surface area contributed by atoms with Crippen molar-refractivity contribution >= 4 is 17.5 Å². The third-order valence-electron chi connectivity index (χ3n) is 4.47. The first-order valence-corrected chi connectivity index (χ1v) is 7.66. The minimum Gasteiger partial charge on any atom is -0.352 e. The van der Waals surface area contributed by atoms with Gasteiger partial charge in [-0.2, -0.15) is 0 Å². The van der Waals surface area contributed by atoms with Gasteiger partial charge in [0.15, 0.2) is 0 Å². The zero-order valence-corrected chi connectivity index (χ0v) is 12.7. The van der Waals surface area contributed by atoms with E-state index in [-0.39, 0.29) is 11.3 Å². The molecule has 3 nitrogen and oxygen atoms in total. The minimum atomic E-state index is -0.362. The van der Waals surface area contributed by atoms with E-state index in [0.29, 0.717) is 24.0 Å². The van der Waals surface area contributed by atoms with Crippen LogP contribution in [0.2, 0.25) is 5.02 Å². The highest BCUT2D eigenvalue weighted by Crippen LogP contribution is 2.38. The SMILES string of the molecule is CC1CCC(CN)(C(=O)NCc2ccc(Cl)cc2)CC1. The minimum absolute atomic E-state index is 0.0989. The molecule has 1 aromatic carbocycles. The van der Waals surface area contributed by atoms with Crippen LogP contribution in [0.4, 0.5) is 0 Å². The zero-order chi connectivity index (χ0) is 14.6. The molecule has 0 unspecified atom stereocenters. The lowest BCUT2D eigenvalue weighted by atomic mass is 9.70. The molecule has 1 aliphatic rings. The maximum atomic E-state index is 12.5. The Kier molecular flexibility index (Phi) is 5.06. The van der Waals surface area contributed by atoms with Crippen LogP contribution in [0, 0.1) is 11.3 Å². The van der Waals surface area contributed by atoms with E-state index in [1.165, 1.54) is 0 Å². The summed E-state index contributed by atoms with van der Waals surface area (Å²) < 4.78 is 0. The highest BCUT2D eigenvalue weighted by atomic mass is 35.5. The van der Waals surface area contributed by atoms with E-state index >= 15 is 0 Å². The number of carbonyl (C=O) groups is 1. The predicted molar refractivity (Wildman–Crippen MR) is 82.4 cm³/mol. The van der Waals surface area contributed by atoms with Gasteiger partial charge in [0.05, 0.1) is 5.41 Å². The number of halogens is 1. The summed E-state index contributed by atoms with van der Waals surface area (Å²) in [5.74, 6) is 0.806. The molecule has 1 amide bonds. The second-order valence-corrected chi connectivity index (χ2v) is 6.41. The van der Waals surface area contributed by atoms with Crippen LogP contribution in [0.5, 0.6) is 0 Å². The Balaban J connectivity index is 1.94. The molecule has 1 saturated carbocycles.